The van der Waals surface area contributed by atoms with Crippen LogP contribution in [0.4, 0.5) is 5.69 Å². The summed E-state index contributed by atoms with van der Waals surface area (Å²) in [5.74, 6) is 0. The van der Waals surface area contributed by atoms with Gasteiger partial charge in [0.25, 0.3) is 0 Å². The second kappa shape index (κ2) is 6.48. The smallest absolute Gasteiger partial charge is 0.181 e. The van der Waals surface area contributed by atoms with Crippen LogP contribution < -0.4 is 5.32 Å². The van der Waals surface area contributed by atoms with Crippen LogP contribution in [0.25, 0.3) is 0 Å². The van der Waals surface area contributed by atoms with Crippen molar-refractivity contribution in [2.24, 2.45) is 0 Å². The highest BCUT2D eigenvalue weighted by atomic mass is 32.1. The zero-order valence-electron chi connectivity index (χ0n) is 12.1. The van der Waals surface area contributed by atoms with E-state index in [1.54, 1.807) is 29.6 Å². The third-order valence-electron chi connectivity index (χ3n) is 2.62. The number of aliphatic hydroxyl groups is 2. The number of aromatic nitrogens is 2. The van der Waals surface area contributed by atoms with Crippen molar-refractivity contribution in [3.63, 3.8) is 0 Å². The number of nitrogens with zero attached hydrogens (tertiary/aromatic N) is 2. The van der Waals surface area contributed by atoms with E-state index in [0.717, 1.165) is 0 Å². The molecule has 0 aliphatic rings. The van der Waals surface area contributed by atoms with Crippen molar-refractivity contribution in [2.75, 3.05) is 5.32 Å². The fourth-order valence-electron chi connectivity index (χ4n) is 1.67. The molecule has 0 aliphatic carbocycles. The molecule has 3 N–H and O–H groups in total. The van der Waals surface area contributed by atoms with E-state index < -0.39 is 18.1 Å². The van der Waals surface area contributed by atoms with E-state index in [9.17, 15) is 10.2 Å². The Kier molecular flexibility index (Phi) is 4.89. The number of nitrogens with one attached hydrogen (secondary N) is 1. The van der Waals surface area contributed by atoms with Crippen LogP contribution in [0, 0.1) is 0 Å². The maximum Gasteiger partial charge on any atom is 0.181 e. The Morgan fingerprint density at radius 1 is 1.19 bits per heavy atom. The molecule has 0 fully saturated rings. The molecule has 1 aromatic heterocycles. The monoisotopic (exact) mass is 309 g/mol. The van der Waals surface area contributed by atoms with Gasteiger partial charge in [0.15, 0.2) is 12.5 Å². The van der Waals surface area contributed by atoms with Gasteiger partial charge in [-0.3, -0.25) is 0 Å². The van der Waals surface area contributed by atoms with Gasteiger partial charge < -0.3 is 20.3 Å². The molecule has 0 amide bonds. The molecule has 1 heterocycles. The van der Waals surface area contributed by atoms with E-state index in [0.29, 0.717) is 16.9 Å². The molecule has 0 radical (unpaired) electrons. The summed E-state index contributed by atoms with van der Waals surface area (Å²) in [6.07, 6.45) is -1.89. The normalized spacial score (nSPS) is 14.7. The number of anilines is 1. The lowest BCUT2D eigenvalue weighted by atomic mass is 10.1. The number of aliphatic hydroxyl groups excluding tert-OH is 2. The van der Waals surface area contributed by atoms with Gasteiger partial charge in [0.2, 0.25) is 0 Å². The molecule has 2 unspecified atom stereocenters. The molecule has 2 aromatic rings. The number of hydrogen-bond acceptors (Lipinski definition) is 7. The number of ether oxygens (including phenoxy) is 1. The topological polar surface area (TPSA) is 87.5 Å². The van der Waals surface area contributed by atoms with E-state index in [1.165, 1.54) is 11.5 Å². The summed E-state index contributed by atoms with van der Waals surface area (Å²) in [7, 11) is 0. The Bertz CT molecular complexity index is 552. The highest BCUT2D eigenvalue weighted by molar-refractivity contribution is 7.03. The average Bonchev–Trinajstić information content (AvgIpc) is 2.91. The Morgan fingerprint density at radius 3 is 2.38 bits per heavy atom. The molecule has 0 saturated heterocycles. The summed E-state index contributed by atoms with van der Waals surface area (Å²) in [5, 5.41) is 28.2. The van der Waals surface area contributed by atoms with Gasteiger partial charge in [0, 0.05) is 16.6 Å². The molecule has 1 aromatic carbocycles. The molecule has 2 atom stereocenters. The average molecular weight is 309 g/mol. The van der Waals surface area contributed by atoms with Crippen LogP contribution in [0.5, 0.6) is 0 Å². The van der Waals surface area contributed by atoms with Crippen molar-refractivity contribution in [2.45, 2.75) is 38.9 Å². The molecule has 0 saturated carbocycles. The lowest BCUT2D eigenvalue weighted by Gasteiger charge is -2.24. The van der Waals surface area contributed by atoms with Crippen molar-refractivity contribution in [3.05, 3.63) is 40.9 Å². The van der Waals surface area contributed by atoms with Crippen molar-refractivity contribution in [1.29, 1.82) is 0 Å². The molecular formula is C14H19N3O3S. The maximum absolute atomic E-state index is 9.97. The first-order valence-corrected chi connectivity index (χ1v) is 7.36. The molecule has 0 spiro atoms. The third-order valence-corrected chi connectivity index (χ3v) is 3.14. The molecule has 114 valence electrons. The first kappa shape index (κ1) is 15.8. The van der Waals surface area contributed by atoms with E-state index in [-0.39, 0.29) is 0 Å². The summed E-state index contributed by atoms with van der Waals surface area (Å²) in [6.45, 7) is 5.64. The molecule has 21 heavy (non-hydrogen) atoms. The summed E-state index contributed by atoms with van der Waals surface area (Å²) in [4.78, 5) is 0. The summed E-state index contributed by atoms with van der Waals surface area (Å²) in [6, 6.07) is 7.00. The van der Waals surface area contributed by atoms with Gasteiger partial charge in [-0.25, -0.2) is 0 Å². The number of benzene rings is 1. The van der Waals surface area contributed by atoms with Gasteiger partial charge in [0.05, 0.1) is 5.60 Å². The molecule has 6 nitrogen and oxygen atoms in total. The minimum atomic E-state index is -0.980. The van der Waals surface area contributed by atoms with Crippen LogP contribution in [0.1, 0.15) is 44.5 Å². The predicted octanol–water partition coefficient (Wildman–Crippen LogP) is 2.45. The zero-order chi connectivity index (χ0) is 15.5. The van der Waals surface area contributed by atoms with Gasteiger partial charge in [0.1, 0.15) is 5.69 Å². The Hall–Kier alpha value is -1.54. The zero-order valence-corrected chi connectivity index (χ0v) is 13.0. The van der Waals surface area contributed by atoms with Crippen LogP contribution in [0.2, 0.25) is 0 Å². The minimum Gasteiger partial charge on any atom is -0.368 e. The van der Waals surface area contributed by atoms with Crippen LogP contribution in [0.15, 0.2) is 29.6 Å². The first-order valence-electron chi connectivity index (χ1n) is 6.52. The van der Waals surface area contributed by atoms with Crippen LogP contribution in [-0.4, -0.2) is 25.4 Å². The van der Waals surface area contributed by atoms with Gasteiger partial charge >= 0.3 is 0 Å². The van der Waals surface area contributed by atoms with Gasteiger partial charge in [-0.2, -0.15) is 0 Å². The molecule has 7 heteroatoms. The lowest BCUT2D eigenvalue weighted by molar-refractivity contribution is -0.169. The van der Waals surface area contributed by atoms with Crippen molar-refractivity contribution >= 4 is 17.2 Å². The van der Waals surface area contributed by atoms with E-state index in [2.05, 4.69) is 14.9 Å². The SMILES string of the molecule is CC(C)(C)OC(O)c1ccc(NC(O)c2csnn2)cc1. The first-order chi connectivity index (χ1) is 9.85. The van der Waals surface area contributed by atoms with Crippen molar-refractivity contribution in [1.82, 2.24) is 9.59 Å². The minimum absolute atomic E-state index is 0.426. The van der Waals surface area contributed by atoms with E-state index in [1.807, 2.05) is 20.8 Å². The summed E-state index contributed by atoms with van der Waals surface area (Å²) >= 11 is 1.18. The Balaban J connectivity index is 1.99. The van der Waals surface area contributed by atoms with Gasteiger partial charge in [-0.1, -0.05) is 16.6 Å². The number of rotatable bonds is 5. The number of hydrogen-bond donors (Lipinski definition) is 3. The van der Waals surface area contributed by atoms with Crippen molar-refractivity contribution in [3.8, 4) is 0 Å². The van der Waals surface area contributed by atoms with Crippen LogP contribution in [0.3, 0.4) is 0 Å². The highest BCUT2D eigenvalue weighted by Gasteiger charge is 2.18. The third kappa shape index (κ3) is 4.75. The fourth-order valence-corrected chi connectivity index (χ4v) is 2.14. The second-order valence-corrected chi connectivity index (χ2v) is 6.19. The molecule has 2 rings (SSSR count). The summed E-state index contributed by atoms with van der Waals surface area (Å²) < 4.78 is 9.17. The molecule has 0 aliphatic heterocycles. The van der Waals surface area contributed by atoms with Gasteiger partial charge in [-0.05, 0) is 44.4 Å². The van der Waals surface area contributed by atoms with E-state index in [4.69, 9.17) is 4.74 Å². The molecule has 0 bridgehead atoms. The van der Waals surface area contributed by atoms with Crippen LogP contribution in [-0.2, 0) is 4.74 Å². The van der Waals surface area contributed by atoms with Crippen LogP contribution >= 0.6 is 11.5 Å². The second-order valence-electron chi connectivity index (χ2n) is 5.58. The quantitative estimate of drug-likeness (QED) is 0.735. The Morgan fingerprint density at radius 2 is 1.86 bits per heavy atom. The standard InChI is InChI=1S/C14H19N3O3S/c1-14(2,3)20-13(19)9-4-6-10(7-5-9)15-12(18)11-8-21-17-16-11/h4-8,12-13,15,18-19H,1-3H3. The summed E-state index contributed by atoms with van der Waals surface area (Å²) in [5.41, 5.74) is 1.41. The lowest BCUT2D eigenvalue weighted by Crippen LogP contribution is -2.22. The predicted molar refractivity (Wildman–Crippen MR) is 80.7 cm³/mol. The molecular weight excluding hydrogens is 290 g/mol. The Labute approximate surface area is 127 Å². The fraction of sp³-hybridized carbons (Fsp3) is 0.429. The largest absolute Gasteiger partial charge is 0.368 e. The van der Waals surface area contributed by atoms with Crippen molar-refractivity contribution < 1.29 is 14.9 Å². The highest BCUT2D eigenvalue weighted by Crippen LogP contribution is 2.24. The maximum atomic E-state index is 9.97. The van der Waals surface area contributed by atoms with E-state index >= 15 is 0 Å². The van der Waals surface area contributed by atoms with Gasteiger partial charge in [-0.15, -0.1) is 5.10 Å².